The predicted molar refractivity (Wildman–Crippen MR) is 50.1 cm³/mol. The van der Waals surface area contributed by atoms with Gasteiger partial charge in [-0.3, -0.25) is 0 Å². The molecular formula is C8H18O2S. The molecule has 0 aromatic rings. The van der Waals surface area contributed by atoms with Gasteiger partial charge >= 0.3 is 0 Å². The molecule has 0 aromatic carbocycles. The second-order valence-corrected chi connectivity index (χ2v) is 4.15. The van der Waals surface area contributed by atoms with E-state index in [0.29, 0.717) is 5.25 Å². The summed E-state index contributed by atoms with van der Waals surface area (Å²) in [7, 11) is 1.71. The van der Waals surface area contributed by atoms with Crippen molar-refractivity contribution >= 4 is 11.8 Å². The summed E-state index contributed by atoms with van der Waals surface area (Å²) < 4.78 is 4.91. The number of methoxy groups -OCH3 is 1. The van der Waals surface area contributed by atoms with Gasteiger partial charge in [-0.15, -0.1) is 0 Å². The first-order valence-electron chi connectivity index (χ1n) is 3.97. The van der Waals surface area contributed by atoms with Crippen LogP contribution in [-0.4, -0.2) is 35.9 Å². The molecule has 1 N–H and O–H groups in total. The minimum Gasteiger partial charge on any atom is -0.392 e. The highest BCUT2D eigenvalue weighted by Gasteiger charge is 2.07. The van der Waals surface area contributed by atoms with Gasteiger partial charge in [0.25, 0.3) is 0 Å². The smallest absolute Gasteiger partial charge is 0.0627 e. The number of ether oxygens (including phenoxy) is 1. The molecule has 0 bridgehead atoms. The molecule has 11 heavy (non-hydrogen) atoms. The van der Waals surface area contributed by atoms with Crippen LogP contribution in [0, 0.1) is 0 Å². The van der Waals surface area contributed by atoms with Crippen LogP contribution in [0.2, 0.25) is 0 Å². The molecule has 0 rings (SSSR count). The van der Waals surface area contributed by atoms with Crippen LogP contribution >= 0.6 is 11.8 Å². The maximum absolute atomic E-state index is 9.13. The lowest BCUT2D eigenvalue weighted by atomic mass is 10.3. The van der Waals surface area contributed by atoms with E-state index in [-0.39, 0.29) is 6.10 Å². The van der Waals surface area contributed by atoms with Crippen molar-refractivity contribution in [1.29, 1.82) is 0 Å². The van der Waals surface area contributed by atoms with Crippen LogP contribution in [0.3, 0.4) is 0 Å². The van der Waals surface area contributed by atoms with E-state index in [1.54, 1.807) is 18.9 Å². The fraction of sp³-hybridized carbons (Fsp3) is 1.00. The highest BCUT2D eigenvalue weighted by Crippen LogP contribution is 2.14. The quantitative estimate of drug-likeness (QED) is 0.625. The van der Waals surface area contributed by atoms with Gasteiger partial charge in [-0.25, -0.2) is 0 Å². The van der Waals surface area contributed by atoms with Crippen molar-refractivity contribution in [2.45, 2.75) is 31.6 Å². The molecule has 0 saturated heterocycles. The summed E-state index contributed by atoms with van der Waals surface area (Å²) in [5, 5.41) is 9.47. The average Bonchev–Trinajstić information content (AvgIpc) is 1.97. The fourth-order valence-electron chi connectivity index (χ4n) is 0.612. The van der Waals surface area contributed by atoms with Crippen LogP contribution in [0.1, 0.15) is 20.3 Å². The van der Waals surface area contributed by atoms with Crippen LogP contribution in [0.5, 0.6) is 0 Å². The molecule has 0 aliphatic heterocycles. The zero-order chi connectivity index (χ0) is 8.69. The normalized spacial score (nSPS) is 16.4. The molecule has 0 fully saturated rings. The Morgan fingerprint density at radius 1 is 1.45 bits per heavy atom. The molecule has 2 unspecified atom stereocenters. The van der Waals surface area contributed by atoms with E-state index in [1.165, 1.54) is 0 Å². The molecule has 0 spiro atoms. The van der Waals surface area contributed by atoms with Crippen molar-refractivity contribution in [3.8, 4) is 0 Å². The van der Waals surface area contributed by atoms with E-state index in [4.69, 9.17) is 9.84 Å². The Morgan fingerprint density at radius 2 is 2.09 bits per heavy atom. The van der Waals surface area contributed by atoms with Gasteiger partial charge in [0.1, 0.15) is 0 Å². The lowest BCUT2D eigenvalue weighted by Crippen LogP contribution is -2.15. The largest absolute Gasteiger partial charge is 0.392 e. The van der Waals surface area contributed by atoms with Gasteiger partial charge in [0, 0.05) is 19.0 Å². The molecule has 0 radical (unpaired) electrons. The number of hydrogen-bond donors (Lipinski definition) is 1. The minimum atomic E-state index is -0.206. The SMILES string of the molecule is COCCCSC(C)C(C)O. The maximum atomic E-state index is 9.13. The van der Waals surface area contributed by atoms with Gasteiger partial charge in [0.05, 0.1) is 6.10 Å². The van der Waals surface area contributed by atoms with E-state index in [1.807, 2.05) is 13.8 Å². The molecular weight excluding hydrogens is 160 g/mol. The van der Waals surface area contributed by atoms with Crippen LogP contribution < -0.4 is 0 Å². The van der Waals surface area contributed by atoms with E-state index >= 15 is 0 Å². The number of thioether (sulfide) groups is 1. The number of aliphatic hydroxyl groups is 1. The first-order chi connectivity index (χ1) is 5.18. The Labute approximate surface area is 73.3 Å². The van der Waals surface area contributed by atoms with E-state index in [9.17, 15) is 0 Å². The van der Waals surface area contributed by atoms with Crippen LogP contribution in [-0.2, 0) is 4.74 Å². The second-order valence-electron chi connectivity index (χ2n) is 2.66. The van der Waals surface area contributed by atoms with Crippen molar-refractivity contribution in [1.82, 2.24) is 0 Å². The van der Waals surface area contributed by atoms with Gasteiger partial charge < -0.3 is 9.84 Å². The third kappa shape index (κ3) is 6.66. The monoisotopic (exact) mass is 178 g/mol. The van der Waals surface area contributed by atoms with Crippen LogP contribution in [0.15, 0.2) is 0 Å². The summed E-state index contributed by atoms with van der Waals surface area (Å²) in [6, 6.07) is 0. The zero-order valence-electron chi connectivity index (χ0n) is 7.54. The third-order valence-electron chi connectivity index (χ3n) is 1.55. The topological polar surface area (TPSA) is 29.5 Å². The zero-order valence-corrected chi connectivity index (χ0v) is 8.36. The van der Waals surface area contributed by atoms with Crippen molar-refractivity contribution in [2.75, 3.05) is 19.5 Å². The number of aliphatic hydroxyl groups excluding tert-OH is 1. The lowest BCUT2D eigenvalue weighted by molar-refractivity contribution is 0.194. The molecule has 0 aliphatic rings. The highest BCUT2D eigenvalue weighted by atomic mass is 32.2. The van der Waals surface area contributed by atoms with Gasteiger partial charge in [0.2, 0.25) is 0 Å². The Hall–Kier alpha value is 0.270. The molecule has 0 aliphatic carbocycles. The van der Waals surface area contributed by atoms with Crippen LogP contribution in [0.4, 0.5) is 0 Å². The molecule has 0 heterocycles. The summed E-state index contributed by atoms with van der Waals surface area (Å²) in [5.74, 6) is 1.07. The summed E-state index contributed by atoms with van der Waals surface area (Å²) in [4.78, 5) is 0. The van der Waals surface area contributed by atoms with Crippen molar-refractivity contribution in [3.05, 3.63) is 0 Å². The average molecular weight is 178 g/mol. The molecule has 68 valence electrons. The molecule has 2 nitrogen and oxygen atoms in total. The first kappa shape index (κ1) is 11.3. The predicted octanol–water partition coefficient (Wildman–Crippen LogP) is 1.53. The first-order valence-corrected chi connectivity index (χ1v) is 5.02. The van der Waals surface area contributed by atoms with Gasteiger partial charge in [-0.1, -0.05) is 6.92 Å². The van der Waals surface area contributed by atoms with E-state index in [0.717, 1.165) is 18.8 Å². The number of hydrogen-bond acceptors (Lipinski definition) is 3. The third-order valence-corrected chi connectivity index (χ3v) is 3.00. The van der Waals surface area contributed by atoms with Gasteiger partial charge in [0.15, 0.2) is 0 Å². The summed E-state index contributed by atoms with van der Waals surface area (Å²) >= 11 is 1.79. The van der Waals surface area contributed by atoms with Crippen LogP contribution in [0.25, 0.3) is 0 Å². The molecule has 0 saturated carbocycles. The Balaban J connectivity index is 3.10. The van der Waals surface area contributed by atoms with Crippen molar-refractivity contribution < 1.29 is 9.84 Å². The summed E-state index contributed by atoms with van der Waals surface area (Å²) in [6.07, 6.45) is 0.862. The summed E-state index contributed by atoms with van der Waals surface area (Å²) in [6.45, 7) is 4.69. The molecule has 3 heteroatoms. The Kier molecular flexibility index (Phi) is 7.12. The minimum absolute atomic E-state index is 0.206. The second kappa shape index (κ2) is 6.95. The Bertz CT molecular complexity index is 86.2. The van der Waals surface area contributed by atoms with E-state index < -0.39 is 0 Å². The lowest BCUT2D eigenvalue weighted by Gasteiger charge is -2.13. The van der Waals surface area contributed by atoms with Gasteiger partial charge in [-0.05, 0) is 19.1 Å². The molecule has 0 amide bonds. The van der Waals surface area contributed by atoms with E-state index in [2.05, 4.69) is 0 Å². The van der Waals surface area contributed by atoms with Crippen molar-refractivity contribution in [2.24, 2.45) is 0 Å². The molecule has 2 atom stereocenters. The summed E-state index contributed by atoms with van der Waals surface area (Å²) in [5.41, 5.74) is 0. The molecule has 0 aromatic heterocycles. The standard InChI is InChI=1S/C8H18O2S/c1-7(9)8(2)11-6-4-5-10-3/h7-9H,4-6H2,1-3H3. The van der Waals surface area contributed by atoms with Gasteiger partial charge in [-0.2, -0.15) is 11.8 Å². The Morgan fingerprint density at radius 3 is 2.55 bits per heavy atom. The number of rotatable bonds is 6. The van der Waals surface area contributed by atoms with Crippen molar-refractivity contribution in [3.63, 3.8) is 0 Å². The highest BCUT2D eigenvalue weighted by molar-refractivity contribution is 7.99. The fourth-order valence-corrected chi connectivity index (χ4v) is 1.55. The maximum Gasteiger partial charge on any atom is 0.0627 e.